The number of hydrogen-bond acceptors (Lipinski definition) is 4. The summed E-state index contributed by atoms with van der Waals surface area (Å²) in [7, 11) is 0. The molecule has 0 aliphatic heterocycles. The van der Waals surface area contributed by atoms with Crippen LogP contribution in [0.25, 0.3) is 0 Å². The first kappa shape index (κ1) is 11.5. The lowest BCUT2D eigenvalue weighted by atomic mass is 10.1. The number of H-pyrrole nitrogens is 1. The van der Waals surface area contributed by atoms with Crippen LogP contribution in [0.1, 0.15) is 24.2 Å². The molecule has 0 amide bonds. The molecule has 0 fully saturated rings. The normalized spacial score (nSPS) is 12.5. The molecule has 5 heteroatoms. The molecule has 0 aliphatic rings. The zero-order valence-electron chi connectivity index (χ0n) is 9.51. The highest BCUT2D eigenvalue weighted by molar-refractivity contribution is 5.37. The van der Waals surface area contributed by atoms with Crippen LogP contribution < -0.4 is 5.32 Å². The van der Waals surface area contributed by atoms with E-state index < -0.39 is 0 Å². The maximum Gasteiger partial charge on any atom is 0.119 e. The van der Waals surface area contributed by atoms with Crippen molar-refractivity contribution in [3.63, 3.8) is 0 Å². The molecule has 0 saturated heterocycles. The Balaban J connectivity index is 2.01. The summed E-state index contributed by atoms with van der Waals surface area (Å²) in [6, 6.07) is 4.59. The van der Waals surface area contributed by atoms with Gasteiger partial charge in [-0.3, -0.25) is 0 Å². The highest BCUT2D eigenvalue weighted by Gasteiger charge is 2.07. The summed E-state index contributed by atoms with van der Waals surface area (Å²) in [5.74, 6) is 0.130. The minimum Gasteiger partial charge on any atom is -0.508 e. The number of hydrogen-bond donors (Lipinski definition) is 4. The molecule has 1 aromatic carbocycles. The predicted octanol–water partition coefficient (Wildman–Crippen LogP) is 1.67. The summed E-state index contributed by atoms with van der Waals surface area (Å²) in [4.78, 5) is 6.92. The monoisotopic (exact) mass is 233 g/mol. The predicted molar refractivity (Wildman–Crippen MR) is 63.6 cm³/mol. The quantitative estimate of drug-likeness (QED) is 0.647. The Morgan fingerprint density at radius 1 is 1.29 bits per heavy atom. The number of aromatic nitrogens is 2. The molecule has 90 valence electrons. The number of aromatic hydroxyl groups is 2. The van der Waals surface area contributed by atoms with Gasteiger partial charge in [-0.1, -0.05) is 0 Å². The number of nitrogens with zero attached hydrogens (tertiary/aromatic N) is 1. The van der Waals surface area contributed by atoms with Gasteiger partial charge in [0.15, 0.2) is 0 Å². The number of imidazole rings is 1. The van der Waals surface area contributed by atoms with Crippen LogP contribution in [0.2, 0.25) is 0 Å². The van der Waals surface area contributed by atoms with Gasteiger partial charge in [0, 0.05) is 30.5 Å². The van der Waals surface area contributed by atoms with Gasteiger partial charge in [-0.05, 0) is 24.6 Å². The lowest BCUT2D eigenvalue weighted by molar-refractivity contribution is 0.446. The van der Waals surface area contributed by atoms with Crippen molar-refractivity contribution in [1.82, 2.24) is 15.3 Å². The fraction of sp³-hybridized carbons (Fsp3) is 0.250. The molecular formula is C12H15N3O2. The van der Waals surface area contributed by atoms with Crippen molar-refractivity contribution in [2.75, 3.05) is 0 Å². The van der Waals surface area contributed by atoms with E-state index in [4.69, 9.17) is 0 Å². The molecular weight excluding hydrogens is 218 g/mol. The molecule has 1 atom stereocenters. The van der Waals surface area contributed by atoms with Crippen molar-refractivity contribution in [3.8, 4) is 11.5 Å². The largest absolute Gasteiger partial charge is 0.508 e. The highest BCUT2D eigenvalue weighted by atomic mass is 16.3. The van der Waals surface area contributed by atoms with Crippen LogP contribution in [0.4, 0.5) is 0 Å². The molecule has 0 saturated carbocycles. The van der Waals surface area contributed by atoms with Gasteiger partial charge in [0.25, 0.3) is 0 Å². The van der Waals surface area contributed by atoms with Crippen molar-refractivity contribution in [1.29, 1.82) is 0 Å². The number of phenols is 2. The summed E-state index contributed by atoms with van der Waals surface area (Å²) in [5.41, 5.74) is 1.82. The third-order valence-electron chi connectivity index (χ3n) is 2.58. The number of aromatic amines is 1. The Labute approximate surface area is 99.2 Å². The van der Waals surface area contributed by atoms with Gasteiger partial charge in [-0.15, -0.1) is 0 Å². The van der Waals surface area contributed by atoms with E-state index in [1.165, 1.54) is 6.07 Å². The molecule has 1 heterocycles. The number of nitrogens with one attached hydrogen (secondary N) is 2. The molecule has 4 N–H and O–H groups in total. The third kappa shape index (κ3) is 2.98. The van der Waals surface area contributed by atoms with Crippen LogP contribution in [0.15, 0.2) is 30.7 Å². The zero-order valence-corrected chi connectivity index (χ0v) is 9.51. The van der Waals surface area contributed by atoms with Crippen molar-refractivity contribution in [2.24, 2.45) is 0 Å². The van der Waals surface area contributed by atoms with E-state index in [0.29, 0.717) is 6.54 Å². The Morgan fingerprint density at radius 3 is 2.59 bits per heavy atom. The lowest BCUT2D eigenvalue weighted by Gasteiger charge is -2.14. The molecule has 2 rings (SSSR count). The van der Waals surface area contributed by atoms with Gasteiger partial charge >= 0.3 is 0 Å². The van der Waals surface area contributed by atoms with Crippen molar-refractivity contribution >= 4 is 0 Å². The minimum atomic E-state index is 0.0244. The number of rotatable bonds is 4. The van der Waals surface area contributed by atoms with E-state index in [-0.39, 0.29) is 17.5 Å². The summed E-state index contributed by atoms with van der Waals surface area (Å²) < 4.78 is 0. The average Bonchev–Trinajstić information content (AvgIpc) is 2.77. The maximum absolute atomic E-state index is 9.39. The van der Waals surface area contributed by atoms with E-state index in [1.54, 1.807) is 24.7 Å². The Kier molecular flexibility index (Phi) is 3.30. The summed E-state index contributed by atoms with van der Waals surface area (Å²) in [6.07, 6.45) is 3.38. The second-order valence-electron chi connectivity index (χ2n) is 3.96. The molecule has 5 nitrogen and oxygen atoms in total. The number of phenolic OH excluding ortho intramolecular Hbond substituents is 2. The first-order chi connectivity index (χ1) is 8.15. The van der Waals surface area contributed by atoms with Gasteiger partial charge < -0.3 is 20.5 Å². The van der Waals surface area contributed by atoms with Crippen LogP contribution in [0.3, 0.4) is 0 Å². The van der Waals surface area contributed by atoms with Crippen molar-refractivity contribution < 1.29 is 10.2 Å². The van der Waals surface area contributed by atoms with E-state index in [1.807, 2.05) is 6.92 Å². The van der Waals surface area contributed by atoms with Crippen molar-refractivity contribution in [2.45, 2.75) is 19.5 Å². The fourth-order valence-corrected chi connectivity index (χ4v) is 1.63. The van der Waals surface area contributed by atoms with Crippen LogP contribution in [-0.4, -0.2) is 20.2 Å². The molecule has 0 bridgehead atoms. The zero-order chi connectivity index (χ0) is 12.3. The molecule has 2 aromatic rings. The highest BCUT2D eigenvalue weighted by Crippen LogP contribution is 2.24. The second kappa shape index (κ2) is 4.88. The molecule has 0 spiro atoms. The SMILES string of the molecule is CC(NCc1cnc[nH]1)c1cc(O)cc(O)c1. The van der Waals surface area contributed by atoms with Gasteiger partial charge in [0.05, 0.1) is 6.33 Å². The molecule has 0 aliphatic carbocycles. The first-order valence-corrected chi connectivity index (χ1v) is 5.38. The molecule has 1 aromatic heterocycles. The Hall–Kier alpha value is -2.01. The summed E-state index contributed by atoms with van der Waals surface area (Å²) in [6.45, 7) is 2.61. The Bertz CT molecular complexity index is 462. The van der Waals surface area contributed by atoms with E-state index in [0.717, 1.165) is 11.3 Å². The van der Waals surface area contributed by atoms with Crippen molar-refractivity contribution in [3.05, 3.63) is 42.0 Å². The topological polar surface area (TPSA) is 81.2 Å². The smallest absolute Gasteiger partial charge is 0.119 e. The second-order valence-corrected chi connectivity index (χ2v) is 3.96. The van der Waals surface area contributed by atoms with E-state index in [9.17, 15) is 10.2 Å². The van der Waals surface area contributed by atoms with Crippen LogP contribution in [0, 0.1) is 0 Å². The minimum absolute atomic E-state index is 0.0244. The van der Waals surface area contributed by atoms with Crippen LogP contribution in [-0.2, 0) is 6.54 Å². The van der Waals surface area contributed by atoms with Crippen LogP contribution in [0.5, 0.6) is 11.5 Å². The van der Waals surface area contributed by atoms with Gasteiger partial charge in [-0.25, -0.2) is 4.98 Å². The molecule has 1 unspecified atom stereocenters. The third-order valence-corrected chi connectivity index (χ3v) is 2.58. The maximum atomic E-state index is 9.39. The Morgan fingerprint density at radius 2 is 2.00 bits per heavy atom. The lowest BCUT2D eigenvalue weighted by Crippen LogP contribution is -2.18. The van der Waals surface area contributed by atoms with Gasteiger partial charge in [0.1, 0.15) is 11.5 Å². The summed E-state index contributed by atoms with van der Waals surface area (Å²) in [5, 5.41) is 22.0. The summed E-state index contributed by atoms with van der Waals surface area (Å²) >= 11 is 0. The number of benzene rings is 1. The van der Waals surface area contributed by atoms with Gasteiger partial charge in [-0.2, -0.15) is 0 Å². The molecule has 17 heavy (non-hydrogen) atoms. The standard InChI is InChI=1S/C12H15N3O2/c1-8(14-6-10-5-13-7-15-10)9-2-11(16)4-12(17)3-9/h2-5,7-8,14,16-17H,6H2,1H3,(H,13,15). The first-order valence-electron chi connectivity index (χ1n) is 5.38. The van der Waals surface area contributed by atoms with Gasteiger partial charge in [0.2, 0.25) is 0 Å². The van der Waals surface area contributed by atoms with E-state index in [2.05, 4.69) is 15.3 Å². The van der Waals surface area contributed by atoms with Crippen LogP contribution >= 0.6 is 0 Å². The average molecular weight is 233 g/mol. The van der Waals surface area contributed by atoms with E-state index >= 15 is 0 Å². The fourth-order valence-electron chi connectivity index (χ4n) is 1.63. The molecule has 0 radical (unpaired) electrons.